The first-order valence-corrected chi connectivity index (χ1v) is 11.9. The lowest BCUT2D eigenvalue weighted by molar-refractivity contribution is -0.119. The van der Waals surface area contributed by atoms with Crippen LogP contribution in [0.1, 0.15) is 35.6 Å². The maximum Gasteiger partial charge on any atom is 0.231 e. The Kier molecular flexibility index (Phi) is 6.57. The Morgan fingerprint density at radius 1 is 0.914 bits per heavy atom. The van der Waals surface area contributed by atoms with Crippen molar-refractivity contribution < 1.29 is 19.0 Å². The molecule has 1 atom stereocenters. The molecule has 4 aromatic rings. The Balaban J connectivity index is 1.29. The van der Waals surface area contributed by atoms with Crippen molar-refractivity contribution in [2.45, 2.75) is 32.2 Å². The second-order valence-corrected chi connectivity index (χ2v) is 8.97. The van der Waals surface area contributed by atoms with Gasteiger partial charge in [-0.25, -0.2) is 0 Å². The number of rotatable bonds is 9. The Morgan fingerprint density at radius 3 is 2.51 bits per heavy atom. The van der Waals surface area contributed by atoms with Crippen molar-refractivity contribution in [3.8, 4) is 17.2 Å². The van der Waals surface area contributed by atoms with Gasteiger partial charge in [-0.15, -0.1) is 0 Å². The summed E-state index contributed by atoms with van der Waals surface area (Å²) in [4.78, 5) is 13.1. The summed E-state index contributed by atoms with van der Waals surface area (Å²) >= 11 is 0. The van der Waals surface area contributed by atoms with Crippen LogP contribution in [0.4, 0.5) is 5.69 Å². The molecule has 1 aliphatic heterocycles. The van der Waals surface area contributed by atoms with Crippen LogP contribution < -0.4 is 19.5 Å². The Labute approximate surface area is 205 Å². The Hall–Kier alpha value is -3.99. The minimum absolute atomic E-state index is 0.163. The van der Waals surface area contributed by atoms with Crippen LogP contribution in [0.25, 0.3) is 10.8 Å². The topological polar surface area (TPSA) is 56.8 Å². The zero-order valence-corrected chi connectivity index (χ0v) is 20.0. The highest BCUT2D eigenvalue weighted by Gasteiger charge is 2.20. The van der Waals surface area contributed by atoms with E-state index in [0.29, 0.717) is 19.3 Å². The van der Waals surface area contributed by atoms with Crippen LogP contribution in [0.3, 0.4) is 0 Å². The highest BCUT2D eigenvalue weighted by atomic mass is 16.7. The molecule has 1 N–H and O–H groups in total. The number of Topliss-reactive ketones (excluding diaryl/α,β-unsaturated/α-hetero) is 1. The quantitative estimate of drug-likeness (QED) is 0.299. The summed E-state index contributed by atoms with van der Waals surface area (Å²) < 4.78 is 16.3. The number of anilines is 1. The molecule has 5 heteroatoms. The van der Waals surface area contributed by atoms with Crippen LogP contribution in [0.15, 0.2) is 78.9 Å². The summed E-state index contributed by atoms with van der Waals surface area (Å²) in [6.45, 7) is 2.29. The van der Waals surface area contributed by atoms with Crippen molar-refractivity contribution in [1.29, 1.82) is 0 Å². The lowest BCUT2D eigenvalue weighted by Crippen LogP contribution is -2.16. The molecule has 0 bridgehead atoms. The number of carbonyl (C=O) groups excluding carboxylic acids is 1. The summed E-state index contributed by atoms with van der Waals surface area (Å²) in [6, 6.07) is 26.3. The molecule has 0 aromatic heterocycles. The van der Waals surface area contributed by atoms with Gasteiger partial charge >= 0.3 is 0 Å². The molecule has 0 aliphatic carbocycles. The first-order valence-electron chi connectivity index (χ1n) is 11.9. The third-order valence-corrected chi connectivity index (χ3v) is 6.43. The average Bonchev–Trinajstić information content (AvgIpc) is 3.36. The van der Waals surface area contributed by atoms with Gasteiger partial charge < -0.3 is 19.5 Å². The van der Waals surface area contributed by atoms with E-state index in [4.69, 9.17) is 14.2 Å². The SMILES string of the molecule is COc1ccc2cc(CCC(=O)CC(Nc3ccc(C)cc3)c3ccc4c(c3)OCO4)ccc2c1. The number of fused-ring (bicyclic) bond motifs is 2. The van der Waals surface area contributed by atoms with Crippen molar-refractivity contribution >= 4 is 22.2 Å². The van der Waals surface area contributed by atoms with Crippen molar-refractivity contribution in [1.82, 2.24) is 0 Å². The maximum atomic E-state index is 13.1. The predicted molar refractivity (Wildman–Crippen MR) is 139 cm³/mol. The molecule has 35 heavy (non-hydrogen) atoms. The van der Waals surface area contributed by atoms with Crippen molar-refractivity contribution in [2.75, 3.05) is 19.2 Å². The second-order valence-electron chi connectivity index (χ2n) is 8.97. The highest BCUT2D eigenvalue weighted by Crippen LogP contribution is 2.36. The molecule has 1 aliphatic rings. The van der Waals surface area contributed by atoms with E-state index in [9.17, 15) is 4.79 Å². The van der Waals surface area contributed by atoms with E-state index in [-0.39, 0.29) is 18.6 Å². The fourth-order valence-electron chi connectivity index (χ4n) is 4.40. The van der Waals surface area contributed by atoms with Crippen LogP contribution in [-0.2, 0) is 11.2 Å². The first kappa shape index (κ1) is 22.8. The number of carbonyl (C=O) groups is 1. The van der Waals surface area contributed by atoms with Crippen molar-refractivity contribution in [3.05, 3.63) is 95.6 Å². The van der Waals surface area contributed by atoms with E-state index >= 15 is 0 Å². The predicted octanol–water partition coefficient (Wildman–Crippen LogP) is 6.63. The average molecular weight is 468 g/mol. The number of ketones is 1. The molecule has 0 radical (unpaired) electrons. The third-order valence-electron chi connectivity index (χ3n) is 6.43. The number of aryl methyl sites for hydroxylation is 2. The molecule has 1 unspecified atom stereocenters. The first-order chi connectivity index (χ1) is 17.1. The van der Waals surface area contributed by atoms with Crippen LogP contribution in [0.2, 0.25) is 0 Å². The molecule has 5 nitrogen and oxygen atoms in total. The van der Waals surface area contributed by atoms with Gasteiger partial charge in [-0.2, -0.15) is 0 Å². The van der Waals surface area contributed by atoms with Gasteiger partial charge in [-0.1, -0.05) is 48.0 Å². The molecule has 5 rings (SSSR count). The third kappa shape index (κ3) is 5.40. The molecule has 0 saturated heterocycles. The summed E-state index contributed by atoms with van der Waals surface area (Å²) in [5, 5.41) is 5.83. The van der Waals surface area contributed by atoms with Crippen LogP contribution in [0, 0.1) is 6.92 Å². The van der Waals surface area contributed by atoms with Crippen LogP contribution >= 0.6 is 0 Å². The Bertz CT molecular complexity index is 1350. The maximum absolute atomic E-state index is 13.1. The number of nitrogens with one attached hydrogen (secondary N) is 1. The molecule has 4 aromatic carbocycles. The number of methoxy groups -OCH3 is 1. The van der Waals surface area contributed by atoms with Gasteiger partial charge in [0.25, 0.3) is 0 Å². The van der Waals surface area contributed by atoms with E-state index in [2.05, 4.69) is 48.6 Å². The summed E-state index contributed by atoms with van der Waals surface area (Å²) in [7, 11) is 1.67. The minimum atomic E-state index is -0.163. The Morgan fingerprint density at radius 2 is 1.69 bits per heavy atom. The van der Waals surface area contributed by atoms with Crippen molar-refractivity contribution in [3.63, 3.8) is 0 Å². The number of hydrogen-bond acceptors (Lipinski definition) is 5. The summed E-state index contributed by atoms with van der Waals surface area (Å²) in [5.74, 6) is 2.51. The molecule has 1 heterocycles. The van der Waals surface area contributed by atoms with E-state index in [1.54, 1.807) is 7.11 Å². The van der Waals surface area contributed by atoms with E-state index in [1.165, 1.54) is 5.56 Å². The van der Waals surface area contributed by atoms with Crippen LogP contribution in [0.5, 0.6) is 17.2 Å². The van der Waals surface area contributed by atoms with E-state index in [1.807, 2.05) is 42.5 Å². The zero-order chi connectivity index (χ0) is 24.2. The molecule has 0 amide bonds. The monoisotopic (exact) mass is 467 g/mol. The smallest absolute Gasteiger partial charge is 0.231 e. The largest absolute Gasteiger partial charge is 0.497 e. The van der Waals surface area contributed by atoms with Gasteiger partial charge in [-0.05, 0) is 71.6 Å². The summed E-state index contributed by atoms with van der Waals surface area (Å²) in [5.41, 5.74) is 4.33. The lowest BCUT2D eigenvalue weighted by Gasteiger charge is -2.20. The molecule has 0 fully saturated rings. The lowest BCUT2D eigenvalue weighted by atomic mass is 9.96. The van der Waals surface area contributed by atoms with E-state index < -0.39 is 0 Å². The normalized spacial score (nSPS) is 13.0. The number of hydrogen-bond donors (Lipinski definition) is 1. The van der Waals surface area contributed by atoms with Gasteiger partial charge in [0.2, 0.25) is 6.79 Å². The fraction of sp³-hybridized carbons (Fsp3) is 0.233. The number of benzene rings is 4. The van der Waals surface area contributed by atoms with Crippen molar-refractivity contribution in [2.24, 2.45) is 0 Å². The highest BCUT2D eigenvalue weighted by molar-refractivity contribution is 5.85. The van der Waals surface area contributed by atoms with E-state index in [0.717, 1.165) is 44.8 Å². The van der Waals surface area contributed by atoms with Gasteiger partial charge in [0.1, 0.15) is 11.5 Å². The molecule has 0 saturated carbocycles. The molecule has 0 spiro atoms. The molecule has 178 valence electrons. The molecular formula is C30H29NO4. The van der Waals surface area contributed by atoms with Gasteiger partial charge in [-0.3, -0.25) is 4.79 Å². The number of ether oxygens (including phenoxy) is 3. The minimum Gasteiger partial charge on any atom is -0.497 e. The standard InChI is InChI=1S/C30H29NO4/c1-20-3-10-25(11-4-20)31-28(24-9-14-29-30(17-24)35-19-34-29)18-26(32)12-6-21-5-7-23-16-27(33-2)13-8-22(23)15-21/h3-5,7-11,13-17,28,31H,6,12,18-19H2,1-2H3. The zero-order valence-electron chi connectivity index (χ0n) is 20.0. The van der Waals surface area contributed by atoms with Crippen LogP contribution in [-0.4, -0.2) is 19.7 Å². The fourth-order valence-corrected chi connectivity index (χ4v) is 4.40. The second kappa shape index (κ2) is 10.1. The van der Waals surface area contributed by atoms with Gasteiger partial charge in [0, 0.05) is 18.5 Å². The van der Waals surface area contributed by atoms with Gasteiger partial charge in [0.15, 0.2) is 11.5 Å². The summed E-state index contributed by atoms with van der Waals surface area (Å²) in [6.07, 6.45) is 1.58. The van der Waals surface area contributed by atoms with Gasteiger partial charge in [0.05, 0.1) is 13.2 Å². The molecular weight excluding hydrogens is 438 g/mol.